The Hall–Kier alpha value is -0.790. The molecule has 0 aromatic carbocycles. The first-order valence-corrected chi connectivity index (χ1v) is 5.06. The van der Waals surface area contributed by atoms with Gasteiger partial charge in [-0.3, -0.25) is 4.79 Å². The van der Waals surface area contributed by atoms with Crippen molar-refractivity contribution >= 4 is 5.97 Å². The van der Waals surface area contributed by atoms with Gasteiger partial charge in [0.1, 0.15) is 6.10 Å². The molecule has 0 aliphatic heterocycles. The van der Waals surface area contributed by atoms with E-state index < -0.39 is 0 Å². The van der Waals surface area contributed by atoms with Gasteiger partial charge in [-0.05, 0) is 31.6 Å². The molecule has 0 bridgehead atoms. The molecule has 0 heterocycles. The Bertz CT molecular complexity index is 196. The largest absolute Gasteiger partial charge is 0.463 e. The zero-order valence-corrected chi connectivity index (χ0v) is 8.45. The minimum atomic E-state index is -0.148. The van der Waals surface area contributed by atoms with Crippen LogP contribution in [0.3, 0.4) is 0 Å². The molecule has 13 heavy (non-hydrogen) atoms. The van der Waals surface area contributed by atoms with Crippen LogP contribution in [-0.4, -0.2) is 12.1 Å². The van der Waals surface area contributed by atoms with Crippen LogP contribution in [-0.2, 0) is 9.53 Å². The van der Waals surface area contributed by atoms with Crippen LogP contribution in [0.2, 0.25) is 0 Å². The van der Waals surface area contributed by atoms with Crippen molar-refractivity contribution in [3.8, 4) is 0 Å². The van der Waals surface area contributed by atoms with Crippen LogP contribution in [0.1, 0.15) is 39.5 Å². The van der Waals surface area contributed by atoms with Crippen molar-refractivity contribution < 1.29 is 9.53 Å². The van der Waals surface area contributed by atoms with Crippen LogP contribution in [0.25, 0.3) is 0 Å². The van der Waals surface area contributed by atoms with Crippen LogP contribution in [0.15, 0.2) is 12.2 Å². The van der Waals surface area contributed by atoms with E-state index in [1.807, 2.05) is 0 Å². The molecule has 1 saturated carbocycles. The molecule has 1 rings (SSSR count). The van der Waals surface area contributed by atoms with Gasteiger partial charge in [0.05, 0.1) is 0 Å². The fraction of sp³-hybridized carbons (Fsp3) is 0.727. The molecule has 1 fully saturated rings. The summed E-state index contributed by atoms with van der Waals surface area (Å²) >= 11 is 0. The minimum Gasteiger partial charge on any atom is -0.463 e. The molecular weight excluding hydrogens is 164 g/mol. The fourth-order valence-corrected chi connectivity index (χ4v) is 1.82. The Morgan fingerprint density at radius 3 is 2.92 bits per heavy atom. The zero-order chi connectivity index (χ0) is 9.68. The van der Waals surface area contributed by atoms with Gasteiger partial charge in [0.25, 0.3) is 0 Å². The first kappa shape index (κ1) is 10.3. The van der Waals surface area contributed by atoms with Gasteiger partial charge in [-0.15, -0.1) is 0 Å². The summed E-state index contributed by atoms with van der Waals surface area (Å²) in [5.41, 5.74) is 0. The van der Waals surface area contributed by atoms with Crippen molar-refractivity contribution in [1.82, 2.24) is 0 Å². The van der Waals surface area contributed by atoms with Crippen molar-refractivity contribution in [1.29, 1.82) is 0 Å². The van der Waals surface area contributed by atoms with Crippen LogP contribution in [0, 0.1) is 5.92 Å². The molecule has 0 saturated heterocycles. The standard InChI is InChI=1S/C11H18O2/c1-3-4-5-10-6-7-11(8-10)13-9(2)12/h4-5,10-11H,3,6-8H2,1-2H3. The molecular formula is C11H18O2. The quantitative estimate of drug-likeness (QED) is 0.495. The third-order valence-corrected chi connectivity index (χ3v) is 2.40. The predicted molar refractivity (Wildman–Crippen MR) is 52.3 cm³/mol. The molecule has 0 amide bonds. The Labute approximate surface area is 80.0 Å². The average molecular weight is 182 g/mol. The highest BCUT2D eigenvalue weighted by atomic mass is 16.5. The summed E-state index contributed by atoms with van der Waals surface area (Å²) < 4.78 is 5.15. The molecule has 0 aromatic heterocycles. The molecule has 1 aliphatic carbocycles. The molecule has 0 N–H and O–H groups in total. The van der Waals surface area contributed by atoms with Crippen LogP contribution >= 0.6 is 0 Å². The van der Waals surface area contributed by atoms with Crippen molar-refractivity contribution in [3.63, 3.8) is 0 Å². The highest BCUT2D eigenvalue weighted by Gasteiger charge is 2.24. The number of hydrogen-bond donors (Lipinski definition) is 0. The lowest BCUT2D eigenvalue weighted by Crippen LogP contribution is -2.11. The second kappa shape index (κ2) is 5.05. The van der Waals surface area contributed by atoms with Crippen LogP contribution < -0.4 is 0 Å². The number of carbonyl (C=O) groups excluding carboxylic acids is 1. The van der Waals surface area contributed by atoms with E-state index in [1.54, 1.807) is 0 Å². The Balaban J connectivity index is 2.27. The fourth-order valence-electron chi connectivity index (χ4n) is 1.82. The van der Waals surface area contributed by atoms with Gasteiger partial charge in [0.15, 0.2) is 0 Å². The van der Waals surface area contributed by atoms with Gasteiger partial charge in [-0.25, -0.2) is 0 Å². The van der Waals surface area contributed by atoms with Crippen LogP contribution in [0.4, 0.5) is 0 Å². The van der Waals surface area contributed by atoms with Gasteiger partial charge < -0.3 is 4.74 Å². The lowest BCUT2D eigenvalue weighted by atomic mass is 10.1. The van der Waals surface area contributed by atoms with E-state index in [9.17, 15) is 4.79 Å². The Kier molecular flexibility index (Phi) is 4.00. The predicted octanol–water partition coefficient (Wildman–Crippen LogP) is 2.68. The van der Waals surface area contributed by atoms with Gasteiger partial charge in [0.2, 0.25) is 0 Å². The Morgan fingerprint density at radius 1 is 1.54 bits per heavy atom. The Morgan fingerprint density at radius 2 is 2.31 bits per heavy atom. The number of ether oxygens (including phenoxy) is 1. The van der Waals surface area contributed by atoms with E-state index in [0.29, 0.717) is 5.92 Å². The van der Waals surface area contributed by atoms with Crippen molar-refractivity contribution in [2.24, 2.45) is 5.92 Å². The first-order valence-electron chi connectivity index (χ1n) is 5.06. The molecule has 1 aliphatic rings. The van der Waals surface area contributed by atoms with Gasteiger partial charge in [0, 0.05) is 6.92 Å². The summed E-state index contributed by atoms with van der Waals surface area (Å²) in [7, 11) is 0. The second-order valence-corrected chi connectivity index (χ2v) is 3.64. The smallest absolute Gasteiger partial charge is 0.302 e. The van der Waals surface area contributed by atoms with Gasteiger partial charge >= 0.3 is 5.97 Å². The maximum Gasteiger partial charge on any atom is 0.302 e. The highest BCUT2D eigenvalue weighted by Crippen LogP contribution is 2.28. The monoisotopic (exact) mass is 182 g/mol. The molecule has 0 radical (unpaired) electrons. The summed E-state index contributed by atoms with van der Waals surface area (Å²) in [5.74, 6) is 0.481. The van der Waals surface area contributed by atoms with E-state index in [2.05, 4.69) is 19.1 Å². The summed E-state index contributed by atoms with van der Waals surface area (Å²) in [6.45, 7) is 3.62. The first-order chi connectivity index (χ1) is 6.22. The summed E-state index contributed by atoms with van der Waals surface area (Å²) in [6.07, 6.45) is 8.91. The number of hydrogen-bond acceptors (Lipinski definition) is 2. The summed E-state index contributed by atoms with van der Waals surface area (Å²) in [6, 6.07) is 0. The average Bonchev–Trinajstić information content (AvgIpc) is 2.48. The lowest BCUT2D eigenvalue weighted by Gasteiger charge is -2.08. The number of esters is 1. The van der Waals surface area contributed by atoms with Gasteiger partial charge in [-0.1, -0.05) is 19.1 Å². The molecule has 2 nitrogen and oxygen atoms in total. The summed E-state index contributed by atoms with van der Waals surface area (Å²) in [5, 5.41) is 0. The minimum absolute atomic E-state index is 0.148. The highest BCUT2D eigenvalue weighted by molar-refractivity contribution is 5.66. The van der Waals surface area contributed by atoms with Crippen molar-refractivity contribution in [3.05, 3.63) is 12.2 Å². The zero-order valence-electron chi connectivity index (χ0n) is 8.45. The van der Waals surface area contributed by atoms with E-state index in [4.69, 9.17) is 4.74 Å². The molecule has 74 valence electrons. The van der Waals surface area contributed by atoms with E-state index in [-0.39, 0.29) is 12.1 Å². The third kappa shape index (κ3) is 3.62. The normalized spacial score (nSPS) is 28.2. The van der Waals surface area contributed by atoms with E-state index in [0.717, 1.165) is 25.7 Å². The lowest BCUT2D eigenvalue weighted by molar-refractivity contribution is -0.146. The molecule has 0 spiro atoms. The molecule has 2 atom stereocenters. The van der Waals surface area contributed by atoms with E-state index in [1.165, 1.54) is 6.92 Å². The topological polar surface area (TPSA) is 26.3 Å². The second-order valence-electron chi connectivity index (χ2n) is 3.64. The maximum atomic E-state index is 10.7. The molecule has 2 unspecified atom stereocenters. The SMILES string of the molecule is CCC=CC1CCC(OC(C)=O)C1. The van der Waals surface area contributed by atoms with Crippen LogP contribution in [0.5, 0.6) is 0 Å². The number of allylic oxidation sites excluding steroid dienone is 2. The molecule has 2 heteroatoms. The molecule has 0 aromatic rings. The van der Waals surface area contributed by atoms with Gasteiger partial charge in [-0.2, -0.15) is 0 Å². The maximum absolute atomic E-state index is 10.7. The number of rotatable bonds is 3. The van der Waals surface area contributed by atoms with E-state index >= 15 is 0 Å². The number of carbonyl (C=O) groups is 1. The van der Waals surface area contributed by atoms with Crippen molar-refractivity contribution in [2.75, 3.05) is 0 Å². The summed E-state index contributed by atoms with van der Waals surface area (Å²) in [4.78, 5) is 10.7. The van der Waals surface area contributed by atoms with Crippen molar-refractivity contribution in [2.45, 2.75) is 45.6 Å². The third-order valence-electron chi connectivity index (χ3n) is 2.40.